The van der Waals surface area contributed by atoms with Crippen molar-refractivity contribution in [2.75, 3.05) is 6.54 Å². The molecular formula is C16H14ClF2NO2. The molecule has 0 heterocycles. The van der Waals surface area contributed by atoms with E-state index in [1.807, 2.05) is 0 Å². The van der Waals surface area contributed by atoms with E-state index >= 15 is 0 Å². The van der Waals surface area contributed by atoms with Gasteiger partial charge in [-0.15, -0.1) is 0 Å². The van der Waals surface area contributed by atoms with Crippen LogP contribution in [0.5, 0.6) is 0 Å². The van der Waals surface area contributed by atoms with E-state index in [0.29, 0.717) is 10.6 Å². The largest absolute Gasteiger partial charge is 0.385 e. The molecule has 2 unspecified atom stereocenters. The zero-order chi connectivity index (χ0) is 16.1. The number of aliphatic hydroxyl groups is 1. The van der Waals surface area contributed by atoms with E-state index in [1.54, 1.807) is 0 Å². The predicted octanol–water partition coefficient (Wildman–Crippen LogP) is 3.28. The molecule has 22 heavy (non-hydrogen) atoms. The van der Waals surface area contributed by atoms with Gasteiger partial charge in [-0.25, -0.2) is 8.78 Å². The molecule has 2 rings (SSSR count). The molecule has 0 saturated heterocycles. The minimum atomic E-state index is -1.73. The predicted molar refractivity (Wildman–Crippen MR) is 80.0 cm³/mol. The van der Waals surface area contributed by atoms with E-state index in [0.717, 1.165) is 6.07 Å². The third-order valence-corrected chi connectivity index (χ3v) is 3.38. The van der Waals surface area contributed by atoms with Crippen LogP contribution in [0.15, 0.2) is 48.5 Å². The van der Waals surface area contributed by atoms with Crippen LogP contribution >= 0.6 is 11.6 Å². The zero-order valence-corrected chi connectivity index (χ0v) is 12.2. The van der Waals surface area contributed by atoms with Crippen molar-refractivity contribution in [3.8, 4) is 0 Å². The Morgan fingerprint density at radius 2 is 1.82 bits per heavy atom. The van der Waals surface area contributed by atoms with Crippen LogP contribution in [0.3, 0.4) is 0 Å². The molecule has 0 aliphatic heterocycles. The lowest BCUT2D eigenvalue weighted by molar-refractivity contribution is 0.0714. The van der Waals surface area contributed by atoms with Gasteiger partial charge in [0.15, 0.2) is 0 Å². The second kappa shape index (κ2) is 7.33. The summed E-state index contributed by atoms with van der Waals surface area (Å²) in [6, 6.07) is 11.5. The molecule has 2 N–H and O–H groups in total. The molecule has 2 aromatic carbocycles. The highest BCUT2D eigenvalue weighted by Crippen LogP contribution is 2.21. The van der Waals surface area contributed by atoms with Crippen LogP contribution in [-0.2, 0) is 0 Å². The number of rotatable bonds is 5. The van der Waals surface area contributed by atoms with E-state index in [4.69, 9.17) is 11.6 Å². The second-order valence-electron chi connectivity index (χ2n) is 4.70. The molecular weight excluding hydrogens is 312 g/mol. The van der Waals surface area contributed by atoms with Crippen molar-refractivity contribution < 1.29 is 18.7 Å². The molecule has 1 amide bonds. The summed E-state index contributed by atoms with van der Waals surface area (Å²) in [5.74, 6) is -1.42. The Hall–Kier alpha value is -1.98. The molecule has 6 heteroatoms. The van der Waals surface area contributed by atoms with Gasteiger partial charge in [0.2, 0.25) is 0 Å². The Balaban J connectivity index is 1.95. The molecule has 0 bridgehead atoms. The molecule has 0 spiro atoms. The van der Waals surface area contributed by atoms with Gasteiger partial charge in [0.25, 0.3) is 5.91 Å². The fourth-order valence-corrected chi connectivity index (χ4v) is 2.04. The molecule has 2 aromatic rings. The van der Waals surface area contributed by atoms with Crippen molar-refractivity contribution in [2.45, 2.75) is 12.3 Å². The van der Waals surface area contributed by atoms with Crippen LogP contribution in [0.2, 0.25) is 5.02 Å². The summed E-state index contributed by atoms with van der Waals surface area (Å²) < 4.78 is 27.4. The molecule has 0 fully saturated rings. The monoisotopic (exact) mass is 325 g/mol. The van der Waals surface area contributed by atoms with E-state index < -0.39 is 30.5 Å². The van der Waals surface area contributed by atoms with Gasteiger partial charge in [-0.3, -0.25) is 4.79 Å². The van der Waals surface area contributed by atoms with Crippen LogP contribution in [0.4, 0.5) is 8.78 Å². The van der Waals surface area contributed by atoms with E-state index in [1.165, 1.54) is 42.5 Å². The summed E-state index contributed by atoms with van der Waals surface area (Å²) in [4.78, 5) is 11.8. The Labute approximate surface area is 131 Å². The molecule has 0 aromatic heterocycles. The summed E-state index contributed by atoms with van der Waals surface area (Å²) in [5, 5.41) is 12.6. The van der Waals surface area contributed by atoms with Gasteiger partial charge in [0.05, 0.1) is 12.1 Å². The first-order chi connectivity index (χ1) is 10.5. The highest BCUT2D eigenvalue weighted by Gasteiger charge is 2.21. The fourth-order valence-electron chi connectivity index (χ4n) is 1.91. The Morgan fingerprint density at radius 1 is 1.18 bits per heavy atom. The summed E-state index contributed by atoms with van der Waals surface area (Å²) in [6.07, 6.45) is -3.13. The lowest BCUT2D eigenvalue weighted by Gasteiger charge is -2.17. The summed E-state index contributed by atoms with van der Waals surface area (Å²) in [7, 11) is 0. The minimum Gasteiger partial charge on any atom is -0.385 e. The van der Waals surface area contributed by atoms with Gasteiger partial charge < -0.3 is 10.4 Å². The van der Waals surface area contributed by atoms with Crippen molar-refractivity contribution in [3.63, 3.8) is 0 Å². The number of amides is 1. The highest BCUT2D eigenvalue weighted by molar-refractivity contribution is 6.30. The number of halogens is 3. The maximum atomic E-state index is 14.0. The number of aliphatic hydroxyl groups excluding tert-OH is 1. The molecule has 3 nitrogen and oxygen atoms in total. The molecule has 0 aliphatic carbocycles. The van der Waals surface area contributed by atoms with E-state index in [-0.39, 0.29) is 5.56 Å². The highest BCUT2D eigenvalue weighted by atomic mass is 35.5. The number of nitrogens with one attached hydrogen (secondary N) is 1. The maximum Gasteiger partial charge on any atom is 0.254 e. The van der Waals surface area contributed by atoms with Gasteiger partial charge in [-0.1, -0.05) is 35.9 Å². The Kier molecular flexibility index (Phi) is 5.46. The topological polar surface area (TPSA) is 49.3 Å². The lowest BCUT2D eigenvalue weighted by Crippen LogP contribution is -2.33. The number of alkyl halides is 1. The smallest absolute Gasteiger partial charge is 0.254 e. The van der Waals surface area contributed by atoms with Crippen LogP contribution in [0, 0.1) is 5.82 Å². The van der Waals surface area contributed by atoms with Gasteiger partial charge in [-0.05, 0) is 29.8 Å². The summed E-state index contributed by atoms with van der Waals surface area (Å²) in [5.41, 5.74) is 0.174. The molecule has 0 aliphatic rings. The van der Waals surface area contributed by atoms with Gasteiger partial charge in [-0.2, -0.15) is 0 Å². The average Bonchev–Trinajstić information content (AvgIpc) is 2.52. The number of hydrogen-bond acceptors (Lipinski definition) is 2. The lowest BCUT2D eigenvalue weighted by atomic mass is 10.1. The fraction of sp³-hybridized carbons (Fsp3) is 0.188. The maximum absolute atomic E-state index is 14.0. The van der Waals surface area contributed by atoms with Crippen molar-refractivity contribution >= 4 is 17.5 Å². The number of carbonyl (C=O) groups excluding carboxylic acids is 1. The average molecular weight is 326 g/mol. The Bertz CT molecular complexity index is 649. The van der Waals surface area contributed by atoms with Gasteiger partial charge in [0.1, 0.15) is 18.1 Å². The van der Waals surface area contributed by atoms with Crippen LogP contribution < -0.4 is 5.32 Å². The second-order valence-corrected chi connectivity index (χ2v) is 5.14. The van der Waals surface area contributed by atoms with Crippen LogP contribution in [0.25, 0.3) is 0 Å². The van der Waals surface area contributed by atoms with E-state index in [9.17, 15) is 18.7 Å². The first-order valence-corrected chi connectivity index (χ1v) is 6.97. The van der Waals surface area contributed by atoms with Gasteiger partial charge >= 0.3 is 0 Å². The van der Waals surface area contributed by atoms with Crippen LogP contribution in [0.1, 0.15) is 22.0 Å². The first-order valence-electron chi connectivity index (χ1n) is 6.59. The van der Waals surface area contributed by atoms with Crippen molar-refractivity contribution in [1.29, 1.82) is 0 Å². The van der Waals surface area contributed by atoms with Crippen molar-refractivity contribution in [3.05, 3.63) is 70.5 Å². The van der Waals surface area contributed by atoms with E-state index in [2.05, 4.69) is 5.32 Å². The summed E-state index contributed by atoms with van der Waals surface area (Å²) in [6.45, 7) is -0.434. The number of carbonyl (C=O) groups is 1. The normalized spacial score (nSPS) is 13.5. The third-order valence-electron chi connectivity index (χ3n) is 3.13. The quantitative estimate of drug-likeness (QED) is 0.886. The number of hydrogen-bond donors (Lipinski definition) is 2. The minimum absolute atomic E-state index is 0.171. The van der Waals surface area contributed by atoms with Crippen LogP contribution in [-0.4, -0.2) is 23.7 Å². The van der Waals surface area contributed by atoms with Gasteiger partial charge in [0, 0.05) is 5.02 Å². The third kappa shape index (κ3) is 4.02. The molecule has 0 radical (unpaired) electrons. The Morgan fingerprint density at radius 3 is 2.45 bits per heavy atom. The standard InChI is InChI=1S/C16H14ClF2NO2/c17-11-7-5-10(6-8-11)15(21)14(19)9-20-16(22)12-3-1-2-4-13(12)18/h1-8,14-15,21H,9H2,(H,20,22). The summed E-state index contributed by atoms with van der Waals surface area (Å²) >= 11 is 5.71. The number of benzene rings is 2. The molecule has 116 valence electrons. The van der Waals surface area contributed by atoms with Crippen molar-refractivity contribution in [1.82, 2.24) is 5.32 Å². The van der Waals surface area contributed by atoms with Crippen molar-refractivity contribution in [2.24, 2.45) is 0 Å². The first kappa shape index (κ1) is 16.4. The SMILES string of the molecule is O=C(NCC(F)C(O)c1ccc(Cl)cc1)c1ccccc1F. The zero-order valence-electron chi connectivity index (χ0n) is 11.5. The molecule has 0 saturated carbocycles. The molecule has 2 atom stereocenters.